The topological polar surface area (TPSA) is 55.8 Å². The largest absolute Gasteiger partial charge is 0.464 e. The maximum absolute atomic E-state index is 14.1. The van der Waals surface area contributed by atoms with Gasteiger partial charge in [-0.15, -0.1) is 0 Å². The predicted octanol–water partition coefficient (Wildman–Crippen LogP) is 2.93. The lowest BCUT2D eigenvalue weighted by molar-refractivity contribution is -0.149. The van der Waals surface area contributed by atoms with Crippen molar-refractivity contribution in [3.05, 3.63) is 35.9 Å². The number of rotatable bonds is 4. The molecule has 0 N–H and O–H groups in total. The third-order valence-corrected chi connectivity index (χ3v) is 4.91. The van der Waals surface area contributed by atoms with Crippen molar-refractivity contribution in [1.29, 1.82) is 0 Å². The SMILES string of the molecule is CCOC(=O)[C@H]1[C@@H]2CC[C@@H](F)[C@@H]2CN1C(=O)OCc1ccccc1. The minimum Gasteiger partial charge on any atom is -0.464 e. The van der Waals surface area contributed by atoms with E-state index in [2.05, 4.69) is 0 Å². The highest BCUT2D eigenvalue weighted by Gasteiger charge is 2.54. The minimum absolute atomic E-state index is 0.125. The number of fused-ring (bicyclic) bond motifs is 1. The molecular weight excluding hydrogens is 313 g/mol. The molecule has 0 aromatic heterocycles. The molecule has 0 bridgehead atoms. The zero-order valence-corrected chi connectivity index (χ0v) is 13.7. The van der Waals surface area contributed by atoms with E-state index < -0.39 is 24.3 Å². The molecule has 130 valence electrons. The zero-order chi connectivity index (χ0) is 17.1. The highest BCUT2D eigenvalue weighted by atomic mass is 19.1. The van der Waals surface area contributed by atoms with Gasteiger partial charge < -0.3 is 9.47 Å². The minimum atomic E-state index is -0.973. The third kappa shape index (κ3) is 3.23. The molecule has 1 aromatic rings. The van der Waals surface area contributed by atoms with E-state index >= 15 is 0 Å². The molecule has 1 saturated carbocycles. The van der Waals surface area contributed by atoms with Gasteiger partial charge >= 0.3 is 12.1 Å². The van der Waals surface area contributed by atoms with Crippen LogP contribution in [0.1, 0.15) is 25.3 Å². The number of likely N-dealkylation sites (tertiary alicyclic amines) is 1. The number of amides is 1. The first-order valence-electron chi connectivity index (χ1n) is 8.39. The van der Waals surface area contributed by atoms with Gasteiger partial charge in [0.1, 0.15) is 18.8 Å². The average molecular weight is 335 g/mol. The van der Waals surface area contributed by atoms with Crippen molar-refractivity contribution in [2.45, 2.75) is 38.6 Å². The summed E-state index contributed by atoms with van der Waals surface area (Å²) in [5.74, 6) is -0.942. The quantitative estimate of drug-likeness (QED) is 0.794. The summed E-state index contributed by atoms with van der Waals surface area (Å²) >= 11 is 0. The summed E-state index contributed by atoms with van der Waals surface area (Å²) in [5.41, 5.74) is 0.862. The predicted molar refractivity (Wildman–Crippen MR) is 84.9 cm³/mol. The smallest absolute Gasteiger partial charge is 0.410 e. The number of hydrogen-bond acceptors (Lipinski definition) is 4. The second-order valence-electron chi connectivity index (χ2n) is 6.31. The molecule has 4 atom stereocenters. The Balaban J connectivity index is 1.69. The Kier molecular flexibility index (Phi) is 5.02. The number of alkyl halides is 1. The fourth-order valence-corrected chi connectivity index (χ4v) is 3.78. The highest BCUT2D eigenvalue weighted by molar-refractivity contribution is 5.82. The lowest BCUT2D eigenvalue weighted by Gasteiger charge is -2.25. The summed E-state index contributed by atoms with van der Waals surface area (Å²) in [6, 6.07) is 8.57. The number of halogens is 1. The molecule has 0 spiro atoms. The molecule has 0 radical (unpaired) electrons. The Morgan fingerprint density at radius 2 is 1.92 bits per heavy atom. The van der Waals surface area contributed by atoms with Crippen molar-refractivity contribution < 1.29 is 23.5 Å². The first kappa shape index (κ1) is 16.7. The van der Waals surface area contributed by atoms with E-state index in [1.165, 1.54) is 4.90 Å². The molecule has 3 rings (SSSR count). The number of benzene rings is 1. The van der Waals surface area contributed by atoms with Gasteiger partial charge in [0.15, 0.2) is 0 Å². The number of carbonyl (C=O) groups is 2. The molecule has 5 nitrogen and oxygen atoms in total. The maximum Gasteiger partial charge on any atom is 0.410 e. The molecule has 1 amide bonds. The van der Waals surface area contributed by atoms with Gasteiger partial charge in [0, 0.05) is 12.5 Å². The standard InChI is InChI=1S/C18H22FNO4/c1-2-23-17(21)16-13-8-9-15(19)14(13)10-20(16)18(22)24-11-12-6-4-3-5-7-12/h3-7,13-16H,2,8-11H2,1H3/t13-,14-,15-,16-/m1/s1. The Bertz CT molecular complexity index is 594. The van der Waals surface area contributed by atoms with Crippen LogP contribution in [0.4, 0.5) is 9.18 Å². The fraction of sp³-hybridized carbons (Fsp3) is 0.556. The van der Waals surface area contributed by atoms with Crippen LogP contribution in [0.2, 0.25) is 0 Å². The molecule has 1 aromatic carbocycles. The van der Waals surface area contributed by atoms with Gasteiger partial charge in [-0.1, -0.05) is 30.3 Å². The van der Waals surface area contributed by atoms with Crippen LogP contribution in [0.15, 0.2) is 30.3 Å². The van der Waals surface area contributed by atoms with Gasteiger partial charge in [0.25, 0.3) is 0 Å². The van der Waals surface area contributed by atoms with Gasteiger partial charge in [-0.2, -0.15) is 0 Å². The van der Waals surface area contributed by atoms with Crippen molar-refractivity contribution in [3.8, 4) is 0 Å². The Morgan fingerprint density at radius 1 is 1.17 bits per heavy atom. The maximum atomic E-state index is 14.1. The van der Waals surface area contributed by atoms with Crippen molar-refractivity contribution in [3.63, 3.8) is 0 Å². The van der Waals surface area contributed by atoms with Crippen LogP contribution < -0.4 is 0 Å². The first-order chi connectivity index (χ1) is 11.6. The second-order valence-corrected chi connectivity index (χ2v) is 6.31. The summed E-state index contributed by atoms with van der Waals surface area (Å²) in [5, 5.41) is 0. The van der Waals surface area contributed by atoms with E-state index in [0.29, 0.717) is 12.8 Å². The van der Waals surface area contributed by atoms with Gasteiger partial charge in [-0.3, -0.25) is 4.90 Å². The van der Waals surface area contributed by atoms with Crippen LogP contribution in [0, 0.1) is 11.8 Å². The van der Waals surface area contributed by atoms with Gasteiger partial charge in [0.2, 0.25) is 0 Å². The normalized spacial score (nSPS) is 28.5. The number of esters is 1. The summed E-state index contributed by atoms with van der Waals surface area (Å²) in [4.78, 5) is 26.1. The number of carbonyl (C=O) groups excluding carboxylic acids is 2. The van der Waals surface area contributed by atoms with Crippen molar-refractivity contribution in [2.24, 2.45) is 11.8 Å². The summed E-state index contributed by atoms with van der Waals surface area (Å²) in [7, 11) is 0. The summed E-state index contributed by atoms with van der Waals surface area (Å²) in [6.07, 6.45) is -0.520. The van der Waals surface area contributed by atoms with E-state index in [9.17, 15) is 14.0 Å². The van der Waals surface area contributed by atoms with Gasteiger partial charge in [0.05, 0.1) is 6.61 Å². The first-order valence-corrected chi connectivity index (χ1v) is 8.39. The molecule has 6 heteroatoms. The van der Waals surface area contributed by atoms with Crippen molar-refractivity contribution in [2.75, 3.05) is 13.2 Å². The van der Waals surface area contributed by atoms with Gasteiger partial charge in [-0.05, 0) is 31.2 Å². The van der Waals surface area contributed by atoms with E-state index in [1.807, 2.05) is 30.3 Å². The number of nitrogens with zero attached hydrogens (tertiary/aromatic N) is 1. The fourth-order valence-electron chi connectivity index (χ4n) is 3.78. The molecular formula is C18H22FNO4. The Hall–Kier alpha value is -2.11. The van der Waals surface area contributed by atoms with E-state index in [-0.39, 0.29) is 31.6 Å². The van der Waals surface area contributed by atoms with Crippen LogP contribution in [0.25, 0.3) is 0 Å². The summed E-state index contributed by atoms with van der Waals surface area (Å²) < 4.78 is 24.5. The van der Waals surface area contributed by atoms with Crippen LogP contribution in [0.5, 0.6) is 0 Å². The lowest BCUT2D eigenvalue weighted by Crippen LogP contribution is -2.44. The monoisotopic (exact) mass is 335 g/mol. The van der Waals surface area contributed by atoms with Crippen molar-refractivity contribution in [1.82, 2.24) is 4.90 Å². The van der Waals surface area contributed by atoms with E-state index in [1.54, 1.807) is 6.92 Å². The molecule has 1 heterocycles. The average Bonchev–Trinajstić information content (AvgIpc) is 3.14. The molecule has 24 heavy (non-hydrogen) atoms. The van der Waals surface area contributed by atoms with Crippen LogP contribution in [-0.4, -0.2) is 42.3 Å². The highest BCUT2D eigenvalue weighted by Crippen LogP contribution is 2.44. The Labute approximate surface area is 140 Å². The van der Waals surface area contributed by atoms with E-state index in [4.69, 9.17) is 9.47 Å². The molecule has 2 aliphatic rings. The van der Waals surface area contributed by atoms with Crippen LogP contribution in [0.3, 0.4) is 0 Å². The zero-order valence-electron chi connectivity index (χ0n) is 13.7. The third-order valence-electron chi connectivity index (χ3n) is 4.91. The van der Waals surface area contributed by atoms with Crippen molar-refractivity contribution >= 4 is 12.1 Å². The molecule has 2 fully saturated rings. The van der Waals surface area contributed by atoms with E-state index in [0.717, 1.165) is 5.56 Å². The Morgan fingerprint density at radius 3 is 2.62 bits per heavy atom. The molecule has 1 aliphatic heterocycles. The number of ether oxygens (including phenoxy) is 2. The molecule has 1 saturated heterocycles. The molecule has 1 aliphatic carbocycles. The van der Waals surface area contributed by atoms with Crippen LogP contribution >= 0.6 is 0 Å². The lowest BCUT2D eigenvalue weighted by atomic mass is 9.93. The number of hydrogen-bond donors (Lipinski definition) is 0. The van der Waals surface area contributed by atoms with Crippen LogP contribution in [-0.2, 0) is 20.9 Å². The summed E-state index contributed by atoms with van der Waals surface area (Å²) in [6.45, 7) is 2.29. The molecule has 0 unspecified atom stereocenters. The second kappa shape index (κ2) is 7.20. The van der Waals surface area contributed by atoms with Gasteiger partial charge in [-0.25, -0.2) is 14.0 Å².